The first-order chi connectivity index (χ1) is 16.1. The Balaban J connectivity index is 2.46. The van der Waals surface area contributed by atoms with Crippen molar-refractivity contribution in [3.8, 4) is 0 Å². The molecule has 0 bridgehead atoms. The van der Waals surface area contributed by atoms with Crippen molar-refractivity contribution in [2.75, 3.05) is 17.1 Å². The number of halogens is 1. The lowest BCUT2D eigenvalue weighted by Gasteiger charge is -2.33. The van der Waals surface area contributed by atoms with Crippen LogP contribution in [0.5, 0.6) is 0 Å². The number of hydrogen-bond donors (Lipinski definition) is 1. The number of carbonyl (C=O) groups excluding carboxylic acids is 2. The molecule has 0 unspecified atom stereocenters. The molecule has 0 heterocycles. The Morgan fingerprint density at radius 2 is 1.57 bits per heavy atom. The largest absolute Gasteiger partial charge is 0.350 e. The van der Waals surface area contributed by atoms with Crippen LogP contribution < -0.4 is 9.62 Å². The van der Waals surface area contributed by atoms with Gasteiger partial charge in [0.2, 0.25) is 21.8 Å². The summed E-state index contributed by atoms with van der Waals surface area (Å²) in [6.07, 6.45) is 1.09. The normalized spacial score (nSPS) is 12.8. The third kappa shape index (κ3) is 8.35. The van der Waals surface area contributed by atoms with Gasteiger partial charge in [0.25, 0.3) is 0 Å². The third-order valence-corrected chi connectivity index (χ3v) is 7.09. The summed E-state index contributed by atoms with van der Waals surface area (Å²) < 4.78 is 27.7. The highest BCUT2D eigenvalue weighted by Crippen LogP contribution is 2.29. The van der Waals surface area contributed by atoms with Gasteiger partial charge >= 0.3 is 0 Å². The van der Waals surface area contributed by atoms with E-state index in [-0.39, 0.29) is 18.4 Å². The first kappa shape index (κ1) is 28.8. The van der Waals surface area contributed by atoms with E-state index in [1.54, 1.807) is 19.1 Å². The third-order valence-electron chi connectivity index (χ3n) is 5.44. The summed E-state index contributed by atoms with van der Waals surface area (Å²) in [7, 11) is -3.78. The predicted molar refractivity (Wildman–Crippen MR) is 145 cm³/mol. The number of rotatable bonds is 9. The summed E-state index contributed by atoms with van der Waals surface area (Å²) in [6, 6.07) is 13.8. The Hall–Kier alpha value is -2.39. The van der Waals surface area contributed by atoms with E-state index >= 15 is 0 Å². The lowest BCUT2D eigenvalue weighted by atomic mass is 10.0. The molecule has 2 rings (SSSR count). The van der Waals surface area contributed by atoms with Gasteiger partial charge in [-0.15, -0.1) is 0 Å². The van der Waals surface area contributed by atoms with Crippen molar-refractivity contribution in [3.63, 3.8) is 0 Å². The summed E-state index contributed by atoms with van der Waals surface area (Å²) >= 11 is 3.41. The predicted octanol–water partition coefficient (Wildman–Crippen LogP) is 4.67. The van der Waals surface area contributed by atoms with Crippen LogP contribution in [-0.2, 0) is 26.2 Å². The van der Waals surface area contributed by atoms with Crippen LogP contribution in [0.2, 0.25) is 0 Å². The number of anilines is 1. The number of benzene rings is 2. The lowest BCUT2D eigenvalue weighted by molar-refractivity contribution is -0.140. The van der Waals surface area contributed by atoms with Crippen LogP contribution in [0.4, 0.5) is 5.69 Å². The molecule has 2 aromatic carbocycles. The average molecular weight is 567 g/mol. The summed E-state index contributed by atoms with van der Waals surface area (Å²) in [4.78, 5) is 28.1. The molecule has 0 radical (unpaired) electrons. The van der Waals surface area contributed by atoms with Crippen molar-refractivity contribution in [2.24, 2.45) is 0 Å². The number of para-hydroxylation sites is 1. The highest BCUT2D eigenvalue weighted by atomic mass is 79.9. The molecular formula is C26H36BrN3O4S. The molecule has 0 spiro atoms. The second-order valence-electron chi connectivity index (χ2n) is 10.0. The van der Waals surface area contributed by atoms with Crippen LogP contribution in [0.1, 0.15) is 58.6 Å². The van der Waals surface area contributed by atoms with Gasteiger partial charge in [-0.25, -0.2) is 8.42 Å². The molecule has 35 heavy (non-hydrogen) atoms. The molecule has 0 aromatic heterocycles. The van der Waals surface area contributed by atoms with Gasteiger partial charge in [-0.2, -0.15) is 0 Å². The maximum absolute atomic E-state index is 13.7. The first-order valence-corrected chi connectivity index (χ1v) is 14.2. The lowest BCUT2D eigenvalue weighted by Crippen LogP contribution is -2.54. The molecule has 0 aliphatic rings. The number of sulfonamides is 1. The molecule has 0 fully saturated rings. The summed E-state index contributed by atoms with van der Waals surface area (Å²) in [5.74, 6) is -0.717. The van der Waals surface area contributed by atoms with E-state index in [4.69, 9.17) is 0 Å². The van der Waals surface area contributed by atoms with Crippen LogP contribution in [0.15, 0.2) is 53.0 Å². The maximum Gasteiger partial charge on any atom is 0.244 e. The zero-order valence-corrected chi connectivity index (χ0v) is 23.9. The van der Waals surface area contributed by atoms with Gasteiger partial charge in [0, 0.05) is 16.6 Å². The number of nitrogens with one attached hydrogen (secondary N) is 1. The molecule has 2 aromatic rings. The van der Waals surface area contributed by atoms with E-state index in [2.05, 4.69) is 21.2 Å². The second-order valence-corrected chi connectivity index (χ2v) is 12.9. The zero-order valence-electron chi connectivity index (χ0n) is 21.5. The van der Waals surface area contributed by atoms with Crippen molar-refractivity contribution in [3.05, 3.63) is 64.1 Å². The van der Waals surface area contributed by atoms with Gasteiger partial charge < -0.3 is 10.2 Å². The van der Waals surface area contributed by atoms with Crippen molar-refractivity contribution in [1.82, 2.24) is 10.2 Å². The van der Waals surface area contributed by atoms with Gasteiger partial charge in [-0.05, 0) is 62.9 Å². The van der Waals surface area contributed by atoms with Gasteiger partial charge in [0.1, 0.15) is 12.6 Å². The fourth-order valence-corrected chi connectivity index (χ4v) is 4.77. The zero-order chi connectivity index (χ0) is 26.6. The molecule has 2 amide bonds. The van der Waals surface area contributed by atoms with Gasteiger partial charge in [-0.3, -0.25) is 13.9 Å². The molecule has 7 nitrogen and oxygen atoms in total. The van der Waals surface area contributed by atoms with E-state index in [9.17, 15) is 18.0 Å². The van der Waals surface area contributed by atoms with E-state index in [0.717, 1.165) is 26.2 Å². The number of nitrogens with zero attached hydrogens (tertiary/aromatic N) is 2. The van der Waals surface area contributed by atoms with Crippen LogP contribution >= 0.6 is 15.9 Å². The molecular weight excluding hydrogens is 530 g/mol. The minimum absolute atomic E-state index is 0.0564. The molecule has 1 N–H and O–H groups in total. The van der Waals surface area contributed by atoms with Crippen molar-refractivity contribution < 1.29 is 18.0 Å². The SMILES string of the molecule is CC(C)c1ccccc1N(CC(=O)N(Cc1ccc(Br)cc1)[C@H](C)C(=O)NC(C)(C)C)S(C)(=O)=O. The van der Waals surface area contributed by atoms with E-state index in [1.807, 2.05) is 71.0 Å². The van der Waals surface area contributed by atoms with Gasteiger partial charge in [-0.1, -0.05) is 60.1 Å². The van der Waals surface area contributed by atoms with Gasteiger partial charge in [0.05, 0.1) is 11.9 Å². The maximum atomic E-state index is 13.7. The fraction of sp³-hybridized carbons (Fsp3) is 0.462. The Bertz CT molecular complexity index is 1140. The number of hydrogen-bond acceptors (Lipinski definition) is 4. The van der Waals surface area contributed by atoms with E-state index in [0.29, 0.717) is 5.69 Å². The van der Waals surface area contributed by atoms with Crippen molar-refractivity contribution in [1.29, 1.82) is 0 Å². The molecule has 1 atom stereocenters. The molecule has 9 heteroatoms. The Morgan fingerprint density at radius 3 is 2.09 bits per heavy atom. The molecule has 0 aliphatic heterocycles. The highest BCUT2D eigenvalue weighted by Gasteiger charge is 2.32. The minimum Gasteiger partial charge on any atom is -0.350 e. The van der Waals surface area contributed by atoms with E-state index in [1.165, 1.54) is 4.90 Å². The van der Waals surface area contributed by atoms with Crippen molar-refractivity contribution >= 4 is 43.5 Å². The topological polar surface area (TPSA) is 86.8 Å². The standard InChI is InChI=1S/C26H36BrN3O4S/c1-18(2)22-10-8-9-11-23(22)30(35(7,33)34)17-24(31)29(16-20-12-14-21(27)15-13-20)19(3)25(32)28-26(4,5)6/h8-15,18-19H,16-17H2,1-7H3,(H,28,32)/t19-/m1/s1. The van der Waals surface area contributed by atoms with Gasteiger partial charge in [0.15, 0.2) is 0 Å². The van der Waals surface area contributed by atoms with Crippen LogP contribution in [0, 0.1) is 0 Å². The van der Waals surface area contributed by atoms with Crippen LogP contribution in [0.25, 0.3) is 0 Å². The molecule has 0 saturated carbocycles. The van der Waals surface area contributed by atoms with Crippen LogP contribution in [0.3, 0.4) is 0 Å². The molecule has 0 saturated heterocycles. The highest BCUT2D eigenvalue weighted by molar-refractivity contribution is 9.10. The van der Waals surface area contributed by atoms with Crippen LogP contribution in [-0.4, -0.2) is 49.5 Å². The quantitative estimate of drug-likeness (QED) is 0.478. The Morgan fingerprint density at radius 1 is 1.00 bits per heavy atom. The minimum atomic E-state index is -3.78. The summed E-state index contributed by atoms with van der Waals surface area (Å²) in [5, 5.41) is 2.92. The molecule has 192 valence electrons. The number of amides is 2. The van der Waals surface area contributed by atoms with Crippen molar-refractivity contribution in [2.45, 2.75) is 65.6 Å². The Kier molecular flexibility index (Phi) is 9.53. The summed E-state index contributed by atoms with van der Waals surface area (Å²) in [6.45, 7) is 11.0. The smallest absolute Gasteiger partial charge is 0.244 e. The van der Waals surface area contributed by atoms with E-state index < -0.39 is 34.1 Å². The average Bonchev–Trinajstić information content (AvgIpc) is 2.74. The second kappa shape index (κ2) is 11.6. The Labute approximate surface area is 218 Å². The monoisotopic (exact) mass is 565 g/mol. The first-order valence-electron chi connectivity index (χ1n) is 11.5. The fourth-order valence-electron chi connectivity index (χ4n) is 3.64. The number of carbonyl (C=O) groups is 2. The summed E-state index contributed by atoms with van der Waals surface area (Å²) in [5.41, 5.74) is 1.63. The molecule has 0 aliphatic carbocycles.